The molecule has 0 N–H and O–H groups in total. The van der Waals surface area contributed by atoms with Crippen LogP contribution in [-0.4, -0.2) is 23.1 Å². The summed E-state index contributed by atoms with van der Waals surface area (Å²) in [6.07, 6.45) is 0. The maximum absolute atomic E-state index is 4.49. The first-order valence-corrected chi connectivity index (χ1v) is 6.14. The molecule has 2 aliphatic heterocycles. The molecule has 0 saturated carbocycles. The Hall–Kier alpha value is -0.720. The van der Waals surface area contributed by atoms with Gasteiger partial charge in [0, 0.05) is 12.6 Å². The van der Waals surface area contributed by atoms with Crippen LogP contribution in [-0.2, 0) is 11.4 Å². The molecule has 0 fully saturated rings. The Morgan fingerprint density at radius 2 is 1.93 bits per heavy atom. The second kappa shape index (κ2) is 3.13. The van der Waals surface area contributed by atoms with E-state index in [-0.39, 0.29) is 6.04 Å². The SMILES string of the molecule is CC1=C2N=S=NC2=C(C)C2C1=NSN2C. The van der Waals surface area contributed by atoms with Crippen LogP contribution >= 0.6 is 12.1 Å². The van der Waals surface area contributed by atoms with Gasteiger partial charge in [0.25, 0.3) is 0 Å². The van der Waals surface area contributed by atoms with Crippen LogP contribution in [0.15, 0.2) is 35.7 Å². The van der Waals surface area contributed by atoms with E-state index in [1.807, 2.05) is 0 Å². The Morgan fingerprint density at radius 1 is 1.20 bits per heavy atom. The molecule has 0 aromatic carbocycles. The smallest absolute Gasteiger partial charge is 0.109 e. The van der Waals surface area contributed by atoms with Crippen molar-refractivity contribution in [1.29, 1.82) is 0 Å². The van der Waals surface area contributed by atoms with E-state index in [4.69, 9.17) is 0 Å². The van der Waals surface area contributed by atoms with Crippen LogP contribution in [0.2, 0.25) is 0 Å². The summed E-state index contributed by atoms with van der Waals surface area (Å²) in [5.41, 5.74) is 5.64. The van der Waals surface area contributed by atoms with Gasteiger partial charge in [-0.25, -0.2) is 8.70 Å². The third-order valence-corrected chi connectivity index (χ3v) is 4.18. The Labute approximate surface area is 96.3 Å². The highest BCUT2D eigenvalue weighted by Crippen LogP contribution is 2.40. The fourth-order valence-corrected chi connectivity index (χ4v) is 3.54. The van der Waals surface area contributed by atoms with Gasteiger partial charge in [0.1, 0.15) is 11.4 Å². The molecule has 0 aromatic rings. The van der Waals surface area contributed by atoms with Crippen molar-refractivity contribution < 1.29 is 0 Å². The highest BCUT2D eigenvalue weighted by atomic mass is 32.2. The molecule has 1 aliphatic carbocycles. The molecule has 0 bridgehead atoms. The first kappa shape index (κ1) is 9.50. The van der Waals surface area contributed by atoms with Gasteiger partial charge >= 0.3 is 0 Å². The van der Waals surface area contributed by atoms with Crippen LogP contribution in [0.4, 0.5) is 0 Å². The van der Waals surface area contributed by atoms with Crippen molar-refractivity contribution >= 4 is 29.2 Å². The van der Waals surface area contributed by atoms with Crippen molar-refractivity contribution in [1.82, 2.24) is 4.31 Å². The quantitative estimate of drug-likeness (QED) is 0.608. The van der Waals surface area contributed by atoms with Crippen LogP contribution in [0.3, 0.4) is 0 Å². The van der Waals surface area contributed by atoms with Gasteiger partial charge in [-0.1, -0.05) is 0 Å². The van der Waals surface area contributed by atoms with Crippen molar-refractivity contribution in [3.8, 4) is 0 Å². The third kappa shape index (κ3) is 1.15. The van der Waals surface area contributed by atoms with Crippen molar-refractivity contribution in [3.63, 3.8) is 0 Å². The number of fused-ring (bicyclic) bond motifs is 2. The first-order valence-electron chi connectivity index (χ1n) is 4.68. The van der Waals surface area contributed by atoms with Gasteiger partial charge in [-0.3, -0.25) is 0 Å². The zero-order valence-electron chi connectivity index (χ0n) is 8.68. The number of hydrogen-bond donors (Lipinski definition) is 0. The monoisotopic (exact) mass is 238 g/mol. The lowest BCUT2D eigenvalue weighted by atomic mass is 9.89. The Bertz CT molecular complexity index is 508. The van der Waals surface area contributed by atoms with E-state index in [1.54, 1.807) is 0 Å². The summed E-state index contributed by atoms with van der Waals surface area (Å²) < 4.78 is 15.4. The maximum atomic E-state index is 4.49. The predicted molar refractivity (Wildman–Crippen MR) is 64.2 cm³/mol. The molecule has 1 unspecified atom stereocenters. The molecule has 0 spiro atoms. The number of rotatable bonds is 0. The van der Waals surface area contributed by atoms with Gasteiger partial charge in [-0.05, 0) is 19.4 Å². The van der Waals surface area contributed by atoms with Crippen LogP contribution in [0.1, 0.15) is 13.8 Å². The average molecular weight is 238 g/mol. The highest BCUT2D eigenvalue weighted by molar-refractivity contribution is 7.96. The predicted octanol–water partition coefficient (Wildman–Crippen LogP) is 2.33. The number of hydrogen-bond acceptors (Lipinski definition) is 5. The molecule has 3 aliphatic rings. The summed E-state index contributed by atoms with van der Waals surface area (Å²) >= 11 is 2.79. The Morgan fingerprint density at radius 3 is 2.73 bits per heavy atom. The van der Waals surface area contributed by atoms with E-state index in [9.17, 15) is 0 Å². The minimum absolute atomic E-state index is 0.284. The number of likely N-dealkylation sites (N-methyl/N-ethyl adjacent to an activating group) is 1. The van der Waals surface area contributed by atoms with Crippen molar-refractivity contribution in [3.05, 3.63) is 22.5 Å². The molecule has 15 heavy (non-hydrogen) atoms. The molecular weight excluding hydrogens is 228 g/mol. The molecule has 0 aromatic heterocycles. The van der Waals surface area contributed by atoms with Crippen LogP contribution in [0, 0.1) is 0 Å². The van der Waals surface area contributed by atoms with Crippen LogP contribution in [0.25, 0.3) is 0 Å². The lowest BCUT2D eigenvalue weighted by Gasteiger charge is -2.25. The summed E-state index contributed by atoms with van der Waals surface area (Å²) in [5, 5.41) is 0. The molecule has 0 amide bonds. The third-order valence-electron chi connectivity index (χ3n) is 2.90. The fraction of sp³-hybridized carbons (Fsp3) is 0.444. The molecule has 2 heterocycles. The van der Waals surface area contributed by atoms with Crippen molar-refractivity contribution in [2.75, 3.05) is 7.05 Å². The number of nitrogens with zero attached hydrogens (tertiary/aromatic N) is 4. The summed E-state index contributed by atoms with van der Waals surface area (Å²) in [7, 11) is 2.06. The zero-order valence-corrected chi connectivity index (χ0v) is 10.3. The van der Waals surface area contributed by atoms with E-state index in [0.29, 0.717) is 0 Å². The summed E-state index contributed by atoms with van der Waals surface area (Å²) in [4.78, 5) is 0. The van der Waals surface area contributed by atoms with E-state index in [0.717, 1.165) is 17.1 Å². The topological polar surface area (TPSA) is 40.3 Å². The minimum Gasteiger partial charge on any atom is -0.221 e. The van der Waals surface area contributed by atoms with E-state index in [1.165, 1.54) is 34.6 Å². The van der Waals surface area contributed by atoms with Gasteiger partial charge in [0.05, 0.1) is 35.2 Å². The van der Waals surface area contributed by atoms with E-state index in [2.05, 4.69) is 38.3 Å². The maximum Gasteiger partial charge on any atom is 0.109 e. The second-order valence-corrected chi connectivity index (χ2v) is 5.23. The standard InChI is InChI=1S/C9H10N4S2/c1-4-6-7(11-14-10-6)5(2)9-8(4)12-15-13(9)3/h9H,1-3H3. The fourth-order valence-electron chi connectivity index (χ4n) is 2.07. The van der Waals surface area contributed by atoms with Crippen LogP contribution < -0.4 is 0 Å². The molecule has 1 atom stereocenters. The van der Waals surface area contributed by atoms with Gasteiger partial charge in [0.2, 0.25) is 0 Å². The summed E-state index contributed by atoms with van der Waals surface area (Å²) in [6.45, 7) is 4.20. The van der Waals surface area contributed by atoms with Crippen molar-refractivity contribution in [2.45, 2.75) is 19.9 Å². The average Bonchev–Trinajstić information content (AvgIpc) is 2.80. The molecular formula is C9H10N4S2. The summed E-state index contributed by atoms with van der Waals surface area (Å²) in [5.74, 6) is 0. The lowest BCUT2D eigenvalue weighted by molar-refractivity contribution is 0.556. The highest BCUT2D eigenvalue weighted by Gasteiger charge is 2.38. The van der Waals surface area contributed by atoms with Gasteiger partial charge < -0.3 is 0 Å². The van der Waals surface area contributed by atoms with Crippen molar-refractivity contribution in [2.24, 2.45) is 13.1 Å². The van der Waals surface area contributed by atoms with Crippen LogP contribution in [0.5, 0.6) is 0 Å². The molecule has 4 nitrogen and oxygen atoms in total. The molecule has 0 saturated heterocycles. The lowest BCUT2D eigenvalue weighted by Crippen LogP contribution is -2.34. The largest absolute Gasteiger partial charge is 0.221 e. The minimum atomic E-state index is 0.284. The molecule has 0 radical (unpaired) electrons. The molecule has 3 rings (SSSR count). The molecule has 78 valence electrons. The van der Waals surface area contributed by atoms with Gasteiger partial charge in [-0.15, -0.1) is 0 Å². The van der Waals surface area contributed by atoms with E-state index >= 15 is 0 Å². The normalized spacial score (nSPS) is 29.3. The Balaban J connectivity index is 2.24. The van der Waals surface area contributed by atoms with E-state index < -0.39 is 0 Å². The molecule has 6 heteroatoms. The first-order chi connectivity index (χ1) is 7.20. The zero-order chi connectivity index (χ0) is 10.6. The summed E-state index contributed by atoms with van der Waals surface area (Å²) in [6, 6.07) is 0.284. The second-order valence-electron chi connectivity index (χ2n) is 3.78. The van der Waals surface area contributed by atoms with Gasteiger partial charge in [-0.2, -0.15) is 8.73 Å². The van der Waals surface area contributed by atoms with Gasteiger partial charge in [0.15, 0.2) is 0 Å². The Kier molecular flexibility index (Phi) is 1.99.